The SMILES string of the molecule is CSC=C(OP(=O)(O)O)C(=O)N(C)C. The number of thioether (sulfide) groups is 1. The number of carbonyl (C=O) groups excluding carboxylic acids is 1. The summed E-state index contributed by atoms with van der Waals surface area (Å²) >= 11 is 1.12. The highest BCUT2D eigenvalue weighted by molar-refractivity contribution is 8.01. The maximum atomic E-state index is 11.3. The van der Waals surface area contributed by atoms with Crippen LogP contribution in [0.2, 0.25) is 0 Å². The molecule has 0 aromatic heterocycles. The predicted octanol–water partition coefficient (Wildman–Crippen LogP) is 0.388. The average Bonchev–Trinajstić information content (AvgIpc) is 1.99. The summed E-state index contributed by atoms with van der Waals surface area (Å²) in [5.41, 5.74) is 0. The summed E-state index contributed by atoms with van der Waals surface area (Å²) in [6.45, 7) is 0. The van der Waals surface area contributed by atoms with Gasteiger partial charge in [0.2, 0.25) is 5.76 Å². The van der Waals surface area contributed by atoms with Gasteiger partial charge in [0, 0.05) is 19.5 Å². The smallest absolute Gasteiger partial charge is 0.398 e. The first kappa shape index (κ1) is 13.5. The fraction of sp³-hybridized carbons (Fsp3) is 0.500. The second kappa shape index (κ2) is 5.41. The molecule has 0 bridgehead atoms. The molecule has 14 heavy (non-hydrogen) atoms. The van der Waals surface area contributed by atoms with Crippen LogP contribution in [0, 0.1) is 0 Å². The van der Waals surface area contributed by atoms with E-state index in [0.29, 0.717) is 0 Å². The quantitative estimate of drug-likeness (QED) is 0.420. The van der Waals surface area contributed by atoms with Crippen LogP contribution in [0.1, 0.15) is 0 Å². The van der Waals surface area contributed by atoms with Crippen molar-refractivity contribution in [2.45, 2.75) is 0 Å². The lowest BCUT2D eigenvalue weighted by molar-refractivity contribution is -0.127. The average molecular weight is 241 g/mol. The highest BCUT2D eigenvalue weighted by atomic mass is 32.2. The second-order valence-corrected chi connectivity index (χ2v) is 4.37. The van der Waals surface area contributed by atoms with E-state index in [1.807, 2.05) is 0 Å². The summed E-state index contributed by atoms with van der Waals surface area (Å²) < 4.78 is 14.7. The van der Waals surface area contributed by atoms with E-state index >= 15 is 0 Å². The Morgan fingerprint density at radius 3 is 2.29 bits per heavy atom. The molecule has 0 spiro atoms. The van der Waals surface area contributed by atoms with E-state index in [-0.39, 0.29) is 5.76 Å². The van der Waals surface area contributed by atoms with Gasteiger partial charge in [0.15, 0.2) is 0 Å². The van der Waals surface area contributed by atoms with Crippen molar-refractivity contribution in [3.63, 3.8) is 0 Å². The number of carbonyl (C=O) groups is 1. The monoisotopic (exact) mass is 241 g/mol. The van der Waals surface area contributed by atoms with Crippen LogP contribution in [0.15, 0.2) is 11.2 Å². The molecular weight excluding hydrogens is 229 g/mol. The van der Waals surface area contributed by atoms with Crippen molar-refractivity contribution < 1.29 is 23.7 Å². The Labute approximate surface area is 86.2 Å². The topological polar surface area (TPSA) is 87.1 Å². The maximum absolute atomic E-state index is 11.3. The van der Waals surface area contributed by atoms with Gasteiger partial charge in [0.05, 0.1) is 0 Å². The molecule has 0 heterocycles. The highest BCUT2D eigenvalue weighted by Crippen LogP contribution is 2.39. The van der Waals surface area contributed by atoms with Gasteiger partial charge >= 0.3 is 7.82 Å². The van der Waals surface area contributed by atoms with Crippen molar-refractivity contribution in [2.75, 3.05) is 20.4 Å². The van der Waals surface area contributed by atoms with Gasteiger partial charge in [-0.15, -0.1) is 11.8 Å². The lowest BCUT2D eigenvalue weighted by Gasteiger charge is -2.14. The summed E-state index contributed by atoms with van der Waals surface area (Å²) in [6, 6.07) is 0. The van der Waals surface area contributed by atoms with E-state index in [1.165, 1.54) is 19.5 Å². The normalized spacial score (nSPS) is 12.5. The fourth-order valence-electron chi connectivity index (χ4n) is 0.567. The van der Waals surface area contributed by atoms with Crippen LogP contribution in [0.25, 0.3) is 0 Å². The zero-order valence-corrected chi connectivity index (χ0v) is 9.71. The van der Waals surface area contributed by atoms with E-state index in [0.717, 1.165) is 16.7 Å². The van der Waals surface area contributed by atoms with Crippen molar-refractivity contribution in [3.8, 4) is 0 Å². The third kappa shape index (κ3) is 5.29. The summed E-state index contributed by atoms with van der Waals surface area (Å²) in [4.78, 5) is 29.5. The number of phosphoric ester groups is 1. The molecule has 0 unspecified atom stereocenters. The predicted molar refractivity (Wildman–Crippen MR) is 53.4 cm³/mol. The number of rotatable bonds is 4. The number of hydrogen-bond donors (Lipinski definition) is 2. The summed E-state index contributed by atoms with van der Waals surface area (Å²) in [7, 11) is -1.76. The largest absolute Gasteiger partial charge is 0.525 e. The van der Waals surface area contributed by atoms with Crippen molar-refractivity contribution in [1.29, 1.82) is 0 Å². The van der Waals surface area contributed by atoms with Gasteiger partial charge in [-0.3, -0.25) is 14.6 Å². The molecule has 1 amide bonds. The summed E-state index contributed by atoms with van der Waals surface area (Å²) in [5.74, 6) is -0.960. The molecular formula is C6H12NO5PS. The van der Waals surface area contributed by atoms with Crippen molar-refractivity contribution in [1.82, 2.24) is 4.90 Å². The Bertz CT molecular complexity index is 284. The van der Waals surface area contributed by atoms with Crippen LogP contribution in [-0.4, -0.2) is 40.9 Å². The molecule has 0 saturated carbocycles. The van der Waals surface area contributed by atoms with E-state index in [4.69, 9.17) is 9.79 Å². The summed E-state index contributed by atoms with van der Waals surface area (Å²) in [6.07, 6.45) is 1.64. The van der Waals surface area contributed by atoms with Gasteiger partial charge in [0.25, 0.3) is 5.91 Å². The second-order valence-electron chi connectivity index (χ2n) is 2.50. The lowest BCUT2D eigenvalue weighted by atomic mass is 10.5. The van der Waals surface area contributed by atoms with Crippen LogP contribution in [0.4, 0.5) is 0 Å². The van der Waals surface area contributed by atoms with Gasteiger partial charge in [-0.25, -0.2) is 4.57 Å². The number of likely N-dealkylation sites (N-methyl/N-ethyl adjacent to an activating group) is 1. The van der Waals surface area contributed by atoms with Gasteiger partial charge in [0.1, 0.15) is 0 Å². The van der Waals surface area contributed by atoms with Gasteiger partial charge < -0.3 is 9.42 Å². The number of phosphoric acid groups is 1. The van der Waals surface area contributed by atoms with Crippen LogP contribution in [0.5, 0.6) is 0 Å². The minimum Gasteiger partial charge on any atom is -0.398 e. The van der Waals surface area contributed by atoms with E-state index in [9.17, 15) is 9.36 Å². The zero-order chi connectivity index (χ0) is 11.4. The number of amides is 1. The van der Waals surface area contributed by atoms with Crippen molar-refractivity contribution >= 4 is 25.5 Å². The Balaban J connectivity index is 4.72. The van der Waals surface area contributed by atoms with Crippen LogP contribution >= 0.6 is 19.6 Å². The minimum atomic E-state index is -4.67. The van der Waals surface area contributed by atoms with Crippen molar-refractivity contribution in [3.05, 3.63) is 11.2 Å². The Hall–Kier alpha value is -0.490. The molecule has 0 aliphatic rings. The van der Waals surface area contributed by atoms with E-state index in [2.05, 4.69) is 4.52 Å². The molecule has 82 valence electrons. The molecule has 0 aromatic rings. The van der Waals surface area contributed by atoms with Gasteiger partial charge in [-0.1, -0.05) is 0 Å². The fourth-order valence-corrected chi connectivity index (χ4v) is 1.39. The van der Waals surface area contributed by atoms with Crippen LogP contribution in [0.3, 0.4) is 0 Å². The molecule has 0 fully saturated rings. The third-order valence-corrected chi connectivity index (χ3v) is 1.94. The zero-order valence-electron chi connectivity index (χ0n) is 8.00. The van der Waals surface area contributed by atoms with E-state index in [1.54, 1.807) is 6.26 Å². The maximum Gasteiger partial charge on any atom is 0.525 e. The van der Waals surface area contributed by atoms with E-state index < -0.39 is 13.7 Å². The molecule has 0 atom stereocenters. The minimum absolute atomic E-state index is 0.365. The molecule has 0 aromatic carbocycles. The Morgan fingerprint density at radius 1 is 1.50 bits per heavy atom. The molecule has 8 heteroatoms. The Kier molecular flexibility index (Phi) is 5.22. The van der Waals surface area contributed by atoms with Crippen molar-refractivity contribution in [2.24, 2.45) is 0 Å². The first-order chi connectivity index (χ1) is 6.28. The first-order valence-electron chi connectivity index (χ1n) is 3.47. The van der Waals surface area contributed by atoms with Crippen LogP contribution in [-0.2, 0) is 13.9 Å². The summed E-state index contributed by atoms with van der Waals surface area (Å²) in [5, 5.41) is 1.24. The third-order valence-electron chi connectivity index (χ3n) is 1.06. The molecule has 0 rings (SSSR count). The molecule has 0 aliphatic carbocycles. The molecule has 0 saturated heterocycles. The standard InChI is InChI=1S/C6H12NO5PS/c1-7(2)6(8)5(4-14-3)12-13(9,10)11/h4H,1-3H3,(H2,9,10,11). The van der Waals surface area contributed by atoms with Gasteiger partial charge in [-0.05, 0) is 6.26 Å². The molecule has 6 nitrogen and oxygen atoms in total. The first-order valence-corrected chi connectivity index (χ1v) is 6.29. The lowest BCUT2D eigenvalue weighted by Crippen LogP contribution is -2.24. The highest BCUT2D eigenvalue weighted by Gasteiger charge is 2.23. The molecule has 0 radical (unpaired) electrons. The number of hydrogen-bond acceptors (Lipinski definition) is 4. The molecule has 2 N–H and O–H groups in total. The van der Waals surface area contributed by atoms with Crippen LogP contribution < -0.4 is 0 Å². The number of nitrogens with zero attached hydrogens (tertiary/aromatic N) is 1. The van der Waals surface area contributed by atoms with Gasteiger partial charge in [-0.2, -0.15) is 0 Å². The molecule has 0 aliphatic heterocycles. The Morgan fingerprint density at radius 2 is 2.00 bits per heavy atom.